The van der Waals surface area contributed by atoms with Crippen LogP contribution in [0, 0.1) is 11.8 Å². The fourth-order valence-corrected chi connectivity index (χ4v) is 4.37. The average Bonchev–Trinajstić information content (AvgIpc) is 3.06. The van der Waals surface area contributed by atoms with Gasteiger partial charge < -0.3 is 0 Å². The van der Waals surface area contributed by atoms with Gasteiger partial charge in [-0.3, -0.25) is 0 Å². The molecule has 1 atom stereocenters. The van der Waals surface area contributed by atoms with E-state index in [-0.39, 0.29) is 16.8 Å². The van der Waals surface area contributed by atoms with Crippen LogP contribution in [0.25, 0.3) is 0 Å². The Hall–Kier alpha value is -0.794. The van der Waals surface area contributed by atoms with Crippen LogP contribution in [0.1, 0.15) is 58.8 Å². The summed E-state index contributed by atoms with van der Waals surface area (Å²) in [6, 6.07) is 0. The van der Waals surface area contributed by atoms with E-state index in [9.17, 15) is 0 Å². The van der Waals surface area contributed by atoms with Gasteiger partial charge in [0.1, 0.15) is 0 Å². The zero-order valence-electron chi connectivity index (χ0n) is 13.8. The van der Waals surface area contributed by atoms with Crippen LogP contribution >= 0.6 is 0 Å². The van der Waals surface area contributed by atoms with Crippen molar-refractivity contribution in [3.8, 4) is 0 Å². The summed E-state index contributed by atoms with van der Waals surface area (Å²) in [6.45, 7) is 4.86. The van der Waals surface area contributed by atoms with E-state index in [1.54, 1.807) is 22.3 Å². The summed E-state index contributed by atoms with van der Waals surface area (Å²) in [6.07, 6.45) is 24.4. The van der Waals surface area contributed by atoms with E-state index in [1.165, 1.54) is 44.9 Å². The van der Waals surface area contributed by atoms with Crippen LogP contribution in [0.15, 0.2) is 58.7 Å². The Balaban J connectivity index is 0.000000253. The van der Waals surface area contributed by atoms with Crippen molar-refractivity contribution < 1.29 is 16.8 Å². The fourth-order valence-electron chi connectivity index (χ4n) is 4.37. The number of hydrogen-bond acceptors (Lipinski definition) is 0. The summed E-state index contributed by atoms with van der Waals surface area (Å²) in [5.41, 5.74) is 7.17. The zero-order valence-corrected chi connectivity index (χ0v) is 14.9. The average molecular weight is 338 g/mol. The molecule has 0 nitrogen and oxygen atoms in total. The largest absolute Gasteiger partial charge is 0.0767 e. The van der Waals surface area contributed by atoms with Gasteiger partial charge in [0.05, 0.1) is 0 Å². The quantitative estimate of drug-likeness (QED) is 0.490. The van der Waals surface area contributed by atoms with Crippen LogP contribution in [0.5, 0.6) is 0 Å². The van der Waals surface area contributed by atoms with Gasteiger partial charge in [-0.15, -0.1) is 0 Å². The van der Waals surface area contributed by atoms with Crippen LogP contribution in [0.4, 0.5) is 0 Å². The van der Waals surface area contributed by atoms with Gasteiger partial charge in [0, 0.05) is 28.6 Å². The first-order valence-corrected chi connectivity index (χ1v) is 8.49. The van der Waals surface area contributed by atoms with Crippen molar-refractivity contribution in [1.82, 2.24) is 0 Å². The van der Waals surface area contributed by atoms with Crippen LogP contribution in [0.3, 0.4) is 0 Å². The van der Waals surface area contributed by atoms with Gasteiger partial charge in [-0.2, -0.15) is 0 Å². The second kappa shape index (κ2) is 7.65. The minimum atomic E-state index is 0. The van der Waals surface area contributed by atoms with Gasteiger partial charge in [-0.1, -0.05) is 60.9 Å². The van der Waals surface area contributed by atoms with Gasteiger partial charge in [0.25, 0.3) is 0 Å². The molecule has 22 heavy (non-hydrogen) atoms. The maximum atomic E-state index is 2.50. The molecule has 0 aromatic rings. The third kappa shape index (κ3) is 3.41. The van der Waals surface area contributed by atoms with Gasteiger partial charge in [0.15, 0.2) is 0 Å². The molecule has 1 saturated carbocycles. The molecule has 0 heterocycles. The molecule has 0 aromatic heterocycles. The molecule has 0 bridgehead atoms. The van der Waals surface area contributed by atoms with E-state index in [0.29, 0.717) is 5.41 Å². The predicted molar refractivity (Wildman–Crippen MR) is 91.9 cm³/mol. The molecule has 4 aliphatic carbocycles. The molecule has 1 heteroatoms. The molecular formula is C21H27Co. The summed E-state index contributed by atoms with van der Waals surface area (Å²) in [7, 11) is 0. The van der Waals surface area contributed by atoms with Crippen LogP contribution < -0.4 is 0 Å². The molecule has 0 aliphatic heterocycles. The van der Waals surface area contributed by atoms with Crippen LogP contribution in [0.2, 0.25) is 0 Å². The molecule has 0 unspecified atom stereocenters. The summed E-state index contributed by atoms with van der Waals surface area (Å²) in [5.74, 6) is 0. The van der Waals surface area contributed by atoms with Gasteiger partial charge in [-0.25, -0.2) is 0 Å². The van der Waals surface area contributed by atoms with Crippen molar-refractivity contribution in [2.45, 2.75) is 58.8 Å². The smallest absolute Gasteiger partial charge is 0.0139 e. The predicted octanol–water partition coefficient (Wildman–Crippen LogP) is 6.25. The Kier molecular flexibility index (Phi) is 6.11. The molecule has 0 aromatic carbocycles. The summed E-state index contributed by atoms with van der Waals surface area (Å²) < 4.78 is 0. The van der Waals surface area contributed by atoms with E-state index in [1.807, 2.05) is 30.7 Å². The molecule has 4 rings (SSSR count). The first-order valence-electron chi connectivity index (χ1n) is 8.49. The summed E-state index contributed by atoms with van der Waals surface area (Å²) >= 11 is 0. The monoisotopic (exact) mass is 338 g/mol. The first-order chi connectivity index (χ1) is 10.2. The summed E-state index contributed by atoms with van der Waals surface area (Å²) in [5, 5.41) is 0. The van der Waals surface area contributed by atoms with Crippen molar-refractivity contribution in [1.29, 1.82) is 0 Å². The minimum absolute atomic E-state index is 0. The van der Waals surface area contributed by atoms with Crippen LogP contribution in [-0.4, -0.2) is 0 Å². The van der Waals surface area contributed by atoms with Crippen molar-refractivity contribution in [3.05, 3.63) is 65.2 Å². The Bertz CT molecular complexity index is 546. The van der Waals surface area contributed by atoms with Crippen molar-refractivity contribution >= 4 is 0 Å². The first kappa shape index (κ1) is 17.6. The Labute approximate surface area is 146 Å². The molecule has 0 spiro atoms. The minimum Gasteiger partial charge on any atom is -0.0767 e. The molecule has 0 N–H and O–H groups in total. The molecule has 0 saturated heterocycles. The van der Waals surface area contributed by atoms with E-state index in [4.69, 9.17) is 0 Å². The Morgan fingerprint density at radius 2 is 1.64 bits per heavy atom. The topological polar surface area (TPSA) is 0 Å². The van der Waals surface area contributed by atoms with Gasteiger partial charge in [-0.05, 0) is 56.6 Å². The second-order valence-corrected chi connectivity index (χ2v) is 6.89. The Morgan fingerprint density at radius 3 is 2.32 bits per heavy atom. The number of hydrogen-bond donors (Lipinski definition) is 0. The normalized spacial score (nSPS) is 28.6. The SMILES string of the molecule is CC1=C2C(=CC=C3CCCC[C@]32C)CCC1.[CH]1C=CC=C1.[Co]. The second-order valence-electron chi connectivity index (χ2n) is 6.89. The zero-order chi connectivity index (χ0) is 14.7. The van der Waals surface area contributed by atoms with Crippen LogP contribution in [-0.2, 0) is 16.8 Å². The molecule has 2 radical (unpaired) electrons. The van der Waals surface area contributed by atoms with E-state index in [0.717, 1.165) is 0 Å². The number of fused-ring (bicyclic) bond motifs is 3. The van der Waals surface area contributed by atoms with E-state index in [2.05, 4.69) is 26.0 Å². The van der Waals surface area contributed by atoms with Crippen molar-refractivity contribution in [2.24, 2.45) is 5.41 Å². The standard InChI is InChI=1S/C16H22.C5H5.Co/c1-12-6-5-7-13-9-10-14-8-3-4-11-16(14,2)15(12)13;1-2-4-5-3-1;/h9-10H,3-8,11H2,1-2H3;1-5H;/t16-;;/m1../s1. The summed E-state index contributed by atoms with van der Waals surface area (Å²) in [4.78, 5) is 0. The molecule has 4 aliphatic rings. The van der Waals surface area contributed by atoms with Crippen molar-refractivity contribution in [3.63, 3.8) is 0 Å². The third-order valence-corrected chi connectivity index (χ3v) is 5.42. The Morgan fingerprint density at radius 1 is 0.864 bits per heavy atom. The van der Waals surface area contributed by atoms with E-state index >= 15 is 0 Å². The fraction of sp³-hybridized carbons (Fsp3) is 0.476. The third-order valence-electron chi connectivity index (χ3n) is 5.42. The van der Waals surface area contributed by atoms with Gasteiger partial charge in [0.2, 0.25) is 0 Å². The van der Waals surface area contributed by atoms with Gasteiger partial charge >= 0.3 is 0 Å². The molecule has 0 amide bonds. The maximum absolute atomic E-state index is 2.50. The van der Waals surface area contributed by atoms with Crippen molar-refractivity contribution in [2.75, 3.05) is 0 Å². The molecule has 1 fully saturated rings. The molecule has 120 valence electrons. The number of rotatable bonds is 0. The maximum Gasteiger partial charge on any atom is 0.0139 e. The van der Waals surface area contributed by atoms with E-state index < -0.39 is 0 Å². The molecular weight excluding hydrogens is 311 g/mol. The number of allylic oxidation sites excluding steroid dienone is 10.